The van der Waals surface area contributed by atoms with Crippen LogP contribution in [0.3, 0.4) is 0 Å². The van der Waals surface area contributed by atoms with Crippen LogP contribution >= 0.6 is 0 Å². The fourth-order valence-corrected chi connectivity index (χ4v) is 3.64. The Balaban J connectivity index is 2.09. The minimum absolute atomic E-state index is 0.0523. The third kappa shape index (κ3) is 4.76. The Morgan fingerprint density at radius 2 is 2.13 bits per heavy atom. The summed E-state index contributed by atoms with van der Waals surface area (Å²) in [5.41, 5.74) is 0. The topological polar surface area (TPSA) is 121 Å². The number of carbonyl (C=O) groups is 1. The number of nitrogens with zero attached hydrogens (tertiary/aromatic N) is 1. The number of H-pyrrole nitrogens is 1. The molecule has 1 aliphatic heterocycles. The summed E-state index contributed by atoms with van der Waals surface area (Å²) in [6, 6.07) is -1.16. The fourth-order valence-electron chi connectivity index (χ4n) is 2.51. The van der Waals surface area contributed by atoms with Crippen molar-refractivity contribution < 1.29 is 23.1 Å². The quantitative estimate of drug-likeness (QED) is 0.680. The van der Waals surface area contributed by atoms with Gasteiger partial charge in [0.05, 0.1) is 6.20 Å². The van der Waals surface area contributed by atoms with Crippen molar-refractivity contribution in [2.75, 3.05) is 13.2 Å². The number of ether oxygens (including phenoxy) is 1. The van der Waals surface area contributed by atoms with Gasteiger partial charge in [-0.2, -0.15) is 4.72 Å². The van der Waals surface area contributed by atoms with Crippen molar-refractivity contribution in [3.8, 4) is 0 Å². The average molecular weight is 345 g/mol. The molecule has 1 unspecified atom stereocenters. The molecule has 0 radical (unpaired) electrons. The number of aromatic nitrogens is 2. The molecule has 1 saturated heterocycles. The van der Waals surface area contributed by atoms with Gasteiger partial charge in [-0.25, -0.2) is 13.4 Å². The molecule has 1 atom stereocenters. The predicted molar refractivity (Wildman–Crippen MR) is 82.6 cm³/mol. The van der Waals surface area contributed by atoms with Crippen LogP contribution in [0, 0.1) is 5.92 Å². The average Bonchev–Trinajstić information content (AvgIpc) is 2.98. The van der Waals surface area contributed by atoms with Gasteiger partial charge in [-0.3, -0.25) is 4.79 Å². The van der Waals surface area contributed by atoms with E-state index in [2.05, 4.69) is 14.7 Å². The van der Waals surface area contributed by atoms with Crippen molar-refractivity contribution in [1.29, 1.82) is 0 Å². The summed E-state index contributed by atoms with van der Waals surface area (Å²) in [6.45, 7) is 4.94. The van der Waals surface area contributed by atoms with Crippen LogP contribution in [0.15, 0.2) is 11.2 Å². The summed E-state index contributed by atoms with van der Waals surface area (Å²) in [7, 11) is -3.95. The van der Waals surface area contributed by atoms with E-state index < -0.39 is 22.0 Å². The van der Waals surface area contributed by atoms with E-state index in [0.717, 1.165) is 12.8 Å². The van der Waals surface area contributed by atoms with Crippen molar-refractivity contribution in [3.05, 3.63) is 12.0 Å². The molecule has 2 rings (SSSR count). The molecule has 1 aromatic heterocycles. The monoisotopic (exact) mass is 345 g/mol. The lowest BCUT2D eigenvalue weighted by Crippen LogP contribution is -2.42. The molecule has 0 spiro atoms. The first-order valence-corrected chi connectivity index (χ1v) is 9.15. The molecule has 8 nitrogen and oxygen atoms in total. The van der Waals surface area contributed by atoms with E-state index in [4.69, 9.17) is 4.74 Å². The molecule has 0 aromatic carbocycles. The van der Waals surface area contributed by atoms with Crippen molar-refractivity contribution in [3.63, 3.8) is 0 Å². The van der Waals surface area contributed by atoms with Crippen molar-refractivity contribution in [2.45, 2.75) is 50.1 Å². The maximum atomic E-state index is 12.4. The number of aliphatic carboxylic acids is 1. The van der Waals surface area contributed by atoms with Gasteiger partial charge in [0, 0.05) is 19.1 Å². The number of aromatic amines is 1. The number of hydrogen-bond donors (Lipinski definition) is 3. The lowest BCUT2D eigenvalue weighted by molar-refractivity contribution is -0.139. The highest BCUT2D eigenvalue weighted by molar-refractivity contribution is 7.89. The summed E-state index contributed by atoms with van der Waals surface area (Å²) >= 11 is 0. The first-order valence-electron chi connectivity index (χ1n) is 7.67. The van der Waals surface area contributed by atoms with Crippen LogP contribution in [0.5, 0.6) is 0 Å². The van der Waals surface area contributed by atoms with Crippen LogP contribution in [0.25, 0.3) is 0 Å². The Labute approximate surface area is 135 Å². The highest BCUT2D eigenvalue weighted by atomic mass is 32.2. The molecule has 1 aliphatic rings. The summed E-state index contributed by atoms with van der Waals surface area (Å²) in [5.74, 6) is -0.442. The molecule has 130 valence electrons. The van der Waals surface area contributed by atoms with E-state index in [1.54, 1.807) is 0 Å². The number of sulfonamides is 1. The van der Waals surface area contributed by atoms with Gasteiger partial charge in [-0.15, -0.1) is 0 Å². The first-order chi connectivity index (χ1) is 10.8. The molecule has 23 heavy (non-hydrogen) atoms. The molecule has 0 bridgehead atoms. The van der Waals surface area contributed by atoms with Crippen LogP contribution < -0.4 is 4.72 Å². The van der Waals surface area contributed by atoms with Crippen molar-refractivity contribution in [2.24, 2.45) is 5.92 Å². The van der Waals surface area contributed by atoms with E-state index >= 15 is 0 Å². The summed E-state index contributed by atoms with van der Waals surface area (Å²) in [5, 5.41) is 9.21. The van der Waals surface area contributed by atoms with Crippen LogP contribution in [0.4, 0.5) is 0 Å². The normalized spacial score (nSPS) is 18.2. The van der Waals surface area contributed by atoms with Gasteiger partial charge in [-0.1, -0.05) is 13.8 Å². The van der Waals surface area contributed by atoms with E-state index in [9.17, 15) is 18.3 Å². The fraction of sp³-hybridized carbons (Fsp3) is 0.714. The number of nitrogens with one attached hydrogen (secondary N) is 2. The standard InChI is InChI=1S/C14H23N3O5S/c1-9(2)13-15-8-12(16-13)23(20,21)17-11(14(18)19)7-10-3-5-22-6-4-10/h8-11,17H,3-7H2,1-2H3,(H,15,16)(H,18,19). The zero-order chi connectivity index (χ0) is 17.0. The number of imidazole rings is 1. The Kier molecular flexibility index (Phi) is 5.77. The second kappa shape index (κ2) is 7.41. The highest BCUT2D eigenvalue weighted by Gasteiger charge is 2.30. The lowest BCUT2D eigenvalue weighted by Gasteiger charge is -2.25. The highest BCUT2D eigenvalue weighted by Crippen LogP contribution is 2.21. The SMILES string of the molecule is CC(C)c1ncc(S(=O)(=O)NC(CC2CCOCC2)C(=O)O)[nH]1. The summed E-state index contributed by atoms with van der Waals surface area (Å²) in [6.07, 6.45) is 2.95. The Hall–Kier alpha value is -1.45. The van der Waals surface area contributed by atoms with Gasteiger partial charge in [0.25, 0.3) is 10.0 Å². The second-order valence-electron chi connectivity index (χ2n) is 6.09. The van der Waals surface area contributed by atoms with E-state index in [1.807, 2.05) is 13.8 Å². The molecular weight excluding hydrogens is 322 g/mol. The Morgan fingerprint density at radius 1 is 1.48 bits per heavy atom. The third-order valence-corrected chi connectivity index (χ3v) is 5.30. The summed E-state index contributed by atoms with van der Waals surface area (Å²) < 4.78 is 32.2. The molecule has 0 amide bonds. The molecule has 1 aromatic rings. The van der Waals surface area contributed by atoms with Crippen molar-refractivity contribution >= 4 is 16.0 Å². The third-order valence-electron chi connectivity index (χ3n) is 3.91. The van der Waals surface area contributed by atoms with Crippen LogP contribution in [-0.4, -0.2) is 48.7 Å². The van der Waals surface area contributed by atoms with Crippen LogP contribution in [0.2, 0.25) is 0 Å². The molecule has 0 saturated carbocycles. The maximum absolute atomic E-state index is 12.4. The van der Waals surface area contributed by atoms with Gasteiger partial charge in [-0.05, 0) is 25.2 Å². The Morgan fingerprint density at radius 3 is 2.65 bits per heavy atom. The summed E-state index contributed by atoms with van der Waals surface area (Å²) in [4.78, 5) is 18.1. The molecule has 1 fully saturated rings. The molecular formula is C14H23N3O5S. The predicted octanol–water partition coefficient (Wildman–Crippen LogP) is 1.08. The van der Waals surface area contributed by atoms with E-state index in [1.165, 1.54) is 6.20 Å². The van der Waals surface area contributed by atoms with Gasteiger partial charge in [0.1, 0.15) is 11.9 Å². The first kappa shape index (κ1) is 17.9. The molecule has 9 heteroatoms. The van der Waals surface area contributed by atoms with Gasteiger partial charge in [0.2, 0.25) is 0 Å². The Bertz CT molecular complexity index is 635. The smallest absolute Gasteiger partial charge is 0.321 e. The van der Waals surface area contributed by atoms with Gasteiger partial charge in [0.15, 0.2) is 5.03 Å². The largest absolute Gasteiger partial charge is 0.480 e. The van der Waals surface area contributed by atoms with E-state index in [0.29, 0.717) is 19.0 Å². The van der Waals surface area contributed by atoms with Crippen LogP contribution in [-0.2, 0) is 19.6 Å². The van der Waals surface area contributed by atoms with E-state index in [-0.39, 0.29) is 23.3 Å². The number of rotatable bonds is 7. The van der Waals surface area contributed by atoms with Crippen molar-refractivity contribution in [1.82, 2.24) is 14.7 Å². The zero-order valence-electron chi connectivity index (χ0n) is 13.3. The maximum Gasteiger partial charge on any atom is 0.321 e. The minimum atomic E-state index is -3.95. The molecule has 2 heterocycles. The number of carboxylic acid groups (broad SMARTS) is 1. The lowest BCUT2D eigenvalue weighted by atomic mass is 9.93. The minimum Gasteiger partial charge on any atom is -0.480 e. The van der Waals surface area contributed by atoms with Gasteiger partial charge >= 0.3 is 5.97 Å². The second-order valence-corrected chi connectivity index (χ2v) is 7.77. The molecule has 3 N–H and O–H groups in total. The molecule has 0 aliphatic carbocycles. The van der Waals surface area contributed by atoms with Crippen LogP contribution in [0.1, 0.15) is 44.9 Å². The van der Waals surface area contributed by atoms with Gasteiger partial charge < -0.3 is 14.8 Å². The zero-order valence-corrected chi connectivity index (χ0v) is 14.1. The number of hydrogen-bond acceptors (Lipinski definition) is 5. The number of carboxylic acids is 1.